The Morgan fingerprint density at radius 3 is 0.992 bits per heavy atom. The SMILES string of the molecule is CC(=O)N[C@H]1[C@H](O[C@H]2[C@@H](O)[C@@H](CO)O[C@@H](O[C@H]3[C@H](O[C@@H]4O[C@@H](C)[C@@H](O)[C@@H](O)[C@@H]4O)[C@@H](NC(C)=O)[C@H](OC[C@H]4O[C@@H](O[C@@H]([C@H](O)[C@@H](O)CO)[C@H](O)CO)[C@H](O)[C@@H](O[C@@H]5O[C@H](CO)[C@@H](O[C@@H]6O[C@H](CO)[C@H](O)[C@H](O)[C@H]6O)[C@H](O[C@@H]6O[C@@H](C)[C@@H](O)[C@@H](O)[C@@H]6O)[C@H]5NC(C)=O)[C@H]4O)O[C@@H]3CO)[C@@H]2O)O[C@H](CO)[C@@H](O[C@@H]2O[C@H](CO)[C@H](O)[C@H](O)[C@H]2O)[C@@H]1O. The van der Waals surface area contributed by atoms with Crippen LogP contribution in [0.2, 0.25) is 0 Å². The number of carbonyl (C=O) groups excluding carboxylic acids is 3. The Hall–Kier alpha value is -3.43. The molecule has 9 aliphatic heterocycles. The van der Waals surface area contributed by atoms with E-state index in [9.17, 15) is 157 Å². The van der Waals surface area contributed by atoms with E-state index >= 15 is 0 Å². The van der Waals surface area contributed by atoms with Crippen molar-refractivity contribution in [1.29, 1.82) is 0 Å². The molecule has 0 aromatic heterocycles. The predicted octanol–water partition coefficient (Wildman–Crippen LogP) is -20.7. The second kappa shape index (κ2) is 43.2. The van der Waals surface area contributed by atoms with Crippen LogP contribution >= 0.6 is 0 Å². The van der Waals surface area contributed by atoms with Gasteiger partial charge in [0.1, 0.15) is 232 Å². The van der Waals surface area contributed by atoms with Gasteiger partial charge in [-0.2, -0.15) is 0 Å². The molecule has 0 aromatic rings. The lowest BCUT2D eigenvalue weighted by Crippen LogP contribution is -2.71. The molecule has 49 atom stereocenters. The smallest absolute Gasteiger partial charge is 0.217 e. The van der Waals surface area contributed by atoms with E-state index in [-0.39, 0.29) is 0 Å². The summed E-state index contributed by atoms with van der Waals surface area (Å²) in [6.45, 7) is -5.34. The van der Waals surface area contributed by atoms with Gasteiger partial charge in [0.25, 0.3) is 0 Å². The second-order valence-electron chi connectivity index (χ2n) is 30.0. The van der Waals surface area contributed by atoms with E-state index in [1.165, 1.54) is 13.8 Å². The third-order valence-corrected chi connectivity index (χ3v) is 21.6. The summed E-state index contributed by atoms with van der Waals surface area (Å²) in [5.41, 5.74) is 0. The molecule has 9 rings (SSSR count). The van der Waals surface area contributed by atoms with Crippen molar-refractivity contribution in [2.24, 2.45) is 0 Å². The first kappa shape index (κ1) is 98.4. The highest BCUT2D eigenvalue weighted by Gasteiger charge is 2.62. The number of carbonyl (C=O) groups is 3. The first-order valence-electron chi connectivity index (χ1n) is 37.8. The van der Waals surface area contributed by atoms with Crippen LogP contribution in [0.3, 0.4) is 0 Å². The van der Waals surface area contributed by atoms with Crippen LogP contribution in [0, 0.1) is 0 Å². The van der Waals surface area contributed by atoms with Crippen LogP contribution in [-0.2, 0) is 99.6 Å². The number of amides is 3. The van der Waals surface area contributed by atoms with Gasteiger partial charge in [0.2, 0.25) is 17.7 Å². The standard InChI is InChI=1S/C66H113N3O49/c1-15-32(83)40(91)44(95)61(102-15)115-54-30(68-18(4)79)58(107-26(12-76)52(54)114-65-48(99)56(37(88)24(10-74)106-65)117-59-29(67-17(3)78)39(90)51(25(11-75)108-59)112-63-46(97)42(93)35(86)22(8-72)104-63)101-14-28-38(89)57(49(100)66(110-28)111-50(21(82)7-71)34(85)20(81)6-70)118-60-31(69-19(5)80)55(116-62-45(96)41(92)33(84)16(2)103-62)53(27(13-77)109-60)113-64-47(98)43(94)36(87)23(9-73)105-64/h15-16,20-66,70-77,81-100H,6-14H2,1-5H3,(H,67,78)(H,68,79)(H,69,80)/t15-,16-,20-,21+,22+,23+,24+,25+,26+,27+,28+,29+,30+,31+,32+,33+,34+,35-,36-,37-,38-,39+,40+,41+,42-,43-,44-,45-,46+,47+,48+,49+,50+,51+,52+,53+,54+,55+,56-,57-,58+,59-,60-,61-,62-,63-,64-,65-,66-/m0/s1. The van der Waals surface area contributed by atoms with Gasteiger partial charge in [0, 0.05) is 20.8 Å². The molecule has 0 saturated carbocycles. The number of aliphatic hydroxyl groups is 28. The number of hydrogen-bond donors (Lipinski definition) is 31. The van der Waals surface area contributed by atoms with Gasteiger partial charge in [-0.3, -0.25) is 14.4 Å². The molecule has 9 aliphatic rings. The summed E-state index contributed by atoms with van der Waals surface area (Å²) in [6.07, 6.45) is -96.3. The zero-order chi connectivity index (χ0) is 87.2. The van der Waals surface area contributed by atoms with Gasteiger partial charge in [-0.15, -0.1) is 0 Å². The van der Waals surface area contributed by atoms with Crippen LogP contribution in [-0.4, -0.2) is 521 Å². The highest BCUT2D eigenvalue weighted by Crippen LogP contribution is 2.41. The zero-order valence-electron chi connectivity index (χ0n) is 63.7. The van der Waals surface area contributed by atoms with Gasteiger partial charge in [-0.1, -0.05) is 0 Å². The third kappa shape index (κ3) is 21.8. The van der Waals surface area contributed by atoms with Gasteiger partial charge in [0.15, 0.2) is 56.6 Å². The Bertz CT molecular complexity index is 3080. The van der Waals surface area contributed by atoms with Gasteiger partial charge < -0.3 is 244 Å². The van der Waals surface area contributed by atoms with Crippen LogP contribution in [0.1, 0.15) is 34.6 Å². The van der Waals surface area contributed by atoms with E-state index in [2.05, 4.69) is 16.0 Å². The van der Waals surface area contributed by atoms with Gasteiger partial charge in [-0.05, 0) is 13.8 Å². The number of hydrogen-bond acceptors (Lipinski definition) is 49. The highest BCUT2D eigenvalue weighted by molar-refractivity contribution is 5.74. The number of nitrogens with one attached hydrogen (secondary N) is 3. The van der Waals surface area contributed by atoms with Gasteiger partial charge in [0.05, 0.1) is 71.7 Å². The number of rotatable bonds is 33. The quantitative estimate of drug-likeness (QED) is 0.0290. The van der Waals surface area contributed by atoms with E-state index < -0.39 is 378 Å². The molecule has 0 aromatic carbocycles. The summed E-state index contributed by atoms with van der Waals surface area (Å²) in [5, 5.41) is 316. The summed E-state index contributed by atoms with van der Waals surface area (Å²) >= 11 is 0. The van der Waals surface area contributed by atoms with Gasteiger partial charge >= 0.3 is 0 Å². The van der Waals surface area contributed by atoms with Crippen LogP contribution in [0.25, 0.3) is 0 Å². The van der Waals surface area contributed by atoms with Gasteiger partial charge in [-0.25, -0.2) is 0 Å². The second-order valence-corrected chi connectivity index (χ2v) is 30.0. The molecule has 31 N–H and O–H groups in total. The summed E-state index contributed by atoms with van der Waals surface area (Å²) in [6, 6.07) is -5.99. The lowest BCUT2D eigenvalue weighted by atomic mass is 9.93. The molecule has 118 heavy (non-hydrogen) atoms. The Morgan fingerprint density at radius 2 is 0.585 bits per heavy atom. The third-order valence-electron chi connectivity index (χ3n) is 21.6. The summed E-state index contributed by atoms with van der Waals surface area (Å²) < 4.78 is 108. The van der Waals surface area contributed by atoms with Crippen LogP contribution in [0.5, 0.6) is 0 Å². The summed E-state index contributed by atoms with van der Waals surface area (Å²) in [4.78, 5) is 39.9. The van der Waals surface area contributed by atoms with Crippen LogP contribution in [0.15, 0.2) is 0 Å². The Morgan fingerprint density at radius 1 is 0.288 bits per heavy atom. The minimum absolute atomic E-state index is 0.904. The summed E-state index contributed by atoms with van der Waals surface area (Å²) in [5.74, 6) is -2.98. The predicted molar refractivity (Wildman–Crippen MR) is 364 cm³/mol. The van der Waals surface area contributed by atoms with Crippen LogP contribution < -0.4 is 16.0 Å². The molecule has 0 bridgehead atoms. The Labute approximate surface area is 669 Å². The summed E-state index contributed by atoms with van der Waals surface area (Å²) in [7, 11) is 0. The maximum Gasteiger partial charge on any atom is 0.217 e. The number of aliphatic hydroxyl groups excluding tert-OH is 28. The highest BCUT2D eigenvalue weighted by atomic mass is 16.8. The van der Waals surface area contributed by atoms with Crippen molar-refractivity contribution in [2.75, 3.05) is 59.5 Å². The topological polar surface area (TPSA) is 820 Å². The fourth-order valence-electron chi connectivity index (χ4n) is 15.0. The lowest BCUT2D eigenvalue weighted by molar-refractivity contribution is -0.393. The molecule has 9 heterocycles. The monoisotopic (exact) mass is 1730 g/mol. The van der Waals surface area contributed by atoms with Crippen molar-refractivity contribution in [2.45, 2.75) is 335 Å². The van der Waals surface area contributed by atoms with Crippen molar-refractivity contribution in [3.05, 3.63) is 0 Å². The molecule has 52 heteroatoms. The molecule has 52 nitrogen and oxygen atoms in total. The van der Waals surface area contributed by atoms with E-state index in [1.54, 1.807) is 0 Å². The number of ether oxygens (including phenoxy) is 18. The molecule has 686 valence electrons. The largest absolute Gasteiger partial charge is 0.394 e. The molecule has 0 aliphatic carbocycles. The first-order chi connectivity index (χ1) is 55.7. The van der Waals surface area contributed by atoms with Crippen LogP contribution in [0.4, 0.5) is 0 Å². The fourth-order valence-corrected chi connectivity index (χ4v) is 15.0. The Kier molecular flexibility index (Phi) is 36.0. The molecule has 9 saturated heterocycles. The maximum absolute atomic E-state index is 13.6. The maximum atomic E-state index is 13.6. The molecule has 9 fully saturated rings. The molecule has 0 spiro atoms. The minimum atomic E-state index is -2.58. The van der Waals surface area contributed by atoms with E-state index in [1.807, 2.05) is 0 Å². The molecule has 0 radical (unpaired) electrons. The van der Waals surface area contributed by atoms with E-state index in [4.69, 9.17) is 85.3 Å². The van der Waals surface area contributed by atoms with Crippen molar-refractivity contribution in [3.63, 3.8) is 0 Å². The first-order valence-corrected chi connectivity index (χ1v) is 37.8. The van der Waals surface area contributed by atoms with Crippen molar-refractivity contribution >= 4 is 17.7 Å². The molecule has 3 amide bonds. The van der Waals surface area contributed by atoms with Crippen molar-refractivity contribution in [1.82, 2.24) is 16.0 Å². The molecular weight excluding hydrogens is 1620 g/mol. The average molecular weight is 1730 g/mol. The normalized spacial score (nSPS) is 48.2. The average Bonchev–Trinajstić information content (AvgIpc) is 0.765. The zero-order valence-corrected chi connectivity index (χ0v) is 63.7. The van der Waals surface area contributed by atoms with E-state index in [0.29, 0.717) is 0 Å². The molecule has 0 unspecified atom stereocenters. The van der Waals surface area contributed by atoms with Crippen molar-refractivity contribution in [3.8, 4) is 0 Å². The fraction of sp³-hybridized carbons (Fsp3) is 0.955. The lowest BCUT2D eigenvalue weighted by Gasteiger charge is -2.52. The van der Waals surface area contributed by atoms with E-state index in [0.717, 1.165) is 20.8 Å². The molecular formula is C66H113N3O49. The van der Waals surface area contributed by atoms with Crippen molar-refractivity contribution < 1.29 is 243 Å². The minimum Gasteiger partial charge on any atom is -0.394 e. The Balaban J connectivity index is 1.06.